The summed E-state index contributed by atoms with van der Waals surface area (Å²) >= 11 is 1.49. The van der Waals surface area contributed by atoms with E-state index >= 15 is 0 Å². The molecular formula is C20H29IN6O2S. The summed E-state index contributed by atoms with van der Waals surface area (Å²) in [4.78, 5) is 13.7. The van der Waals surface area contributed by atoms with Gasteiger partial charge in [0.2, 0.25) is 5.13 Å². The molecule has 0 spiro atoms. The summed E-state index contributed by atoms with van der Waals surface area (Å²) in [6.07, 6.45) is 1.80. The van der Waals surface area contributed by atoms with Crippen LogP contribution in [0.5, 0.6) is 11.5 Å². The Morgan fingerprint density at radius 2 is 1.93 bits per heavy atom. The summed E-state index contributed by atoms with van der Waals surface area (Å²) in [5.41, 5.74) is 1.15. The zero-order valence-electron chi connectivity index (χ0n) is 17.5. The molecule has 2 aliphatic rings. The van der Waals surface area contributed by atoms with E-state index < -0.39 is 0 Å². The van der Waals surface area contributed by atoms with Gasteiger partial charge in [-0.3, -0.25) is 4.99 Å². The van der Waals surface area contributed by atoms with Crippen molar-refractivity contribution in [2.45, 2.75) is 26.3 Å². The Morgan fingerprint density at radius 3 is 2.63 bits per heavy atom. The Morgan fingerprint density at radius 1 is 1.17 bits per heavy atom. The number of ether oxygens (including phenoxy) is 2. The smallest absolute Gasteiger partial charge is 0.205 e. The predicted octanol–water partition coefficient (Wildman–Crippen LogP) is 2.78. The molecule has 0 amide bonds. The lowest BCUT2D eigenvalue weighted by atomic mass is 10.2. The summed E-state index contributed by atoms with van der Waals surface area (Å²) in [5, 5.41) is 4.51. The van der Waals surface area contributed by atoms with Crippen LogP contribution in [0.25, 0.3) is 0 Å². The molecule has 10 heteroatoms. The molecule has 3 heterocycles. The molecule has 1 N–H and O–H groups in total. The van der Waals surface area contributed by atoms with E-state index in [0.29, 0.717) is 19.8 Å². The molecule has 0 unspecified atom stereocenters. The SMILES string of the molecule is CCc1nsc(N2CCN(C(=NC)NCc3ccc4c(c3)OCCCO4)CC2)n1.I. The van der Waals surface area contributed by atoms with Crippen molar-refractivity contribution in [3.63, 3.8) is 0 Å². The van der Waals surface area contributed by atoms with E-state index in [9.17, 15) is 0 Å². The van der Waals surface area contributed by atoms with Crippen molar-refractivity contribution in [1.82, 2.24) is 19.6 Å². The van der Waals surface area contributed by atoms with Crippen molar-refractivity contribution in [2.75, 3.05) is 51.3 Å². The highest BCUT2D eigenvalue weighted by Crippen LogP contribution is 2.30. The highest BCUT2D eigenvalue weighted by atomic mass is 127. The molecule has 0 atom stereocenters. The molecule has 0 bridgehead atoms. The van der Waals surface area contributed by atoms with Crippen LogP contribution < -0.4 is 19.7 Å². The number of aliphatic imine (C=N–C) groups is 1. The molecule has 8 nitrogen and oxygen atoms in total. The third kappa shape index (κ3) is 5.45. The lowest BCUT2D eigenvalue weighted by molar-refractivity contribution is 0.297. The third-order valence-corrected chi connectivity index (χ3v) is 5.91. The van der Waals surface area contributed by atoms with Crippen LogP contribution in [0, 0.1) is 0 Å². The first-order chi connectivity index (χ1) is 14.3. The van der Waals surface area contributed by atoms with Crippen molar-refractivity contribution < 1.29 is 9.47 Å². The predicted molar refractivity (Wildman–Crippen MR) is 131 cm³/mol. The number of benzene rings is 1. The number of piperazine rings is 1. The molecule has 2 aliphatic heterocycles. The maximum atomic E-state index is 5.79. The number of hydrogen-bond donors (Lipinski definition) is 1. The first kappa shape index (κ1) is 22.9. The number of halogens is 1. The number of fused-ring (bicyclic) bond motifs is 1. The normalized spacial score (nSPS) is 16.7. The standard InChI is InChI=1S/C20H28N6O2S.HI/c1-3-18-23-20(29-24-18)26-9-7-25(8-10-26)19(21-2)22-14-15-5-6-16-17(13-15)28-12-4-11-27-16;/h5-6,13H,3-4,7-12,14H2,1-2H3,(H,21,22);1H. The zero-order chi connectivity index (χ0) is 20.1. The Bertz CT molecular complexity index is 854. The van der Waals surface area contributed by atoms with Crippen molar-refractivity contribution >= 4 is 46.6 Å². The van der Waals surface area contributed by atoms with Crippen LogP contribution in [0.15, 0.2) is 23.2 Å². The zero-order valence-corrected chi connectivity index (χ0v) is 20.6. The highest BCUT2D eigenvalue weighted by Gasteiger charge is 2.22. The summed E-state index contributed by atoms with van der Waals surface area (Å²) in [5.74, 6) is 3.51. The summed E-state index contributed by atoms with van der Waals surface area (Å²) in [6, 6.07) is 6.12. The second kappa shape index (κ2) is 11.0. The molecular weight excluding hydrogens is 515 g/mol. The van der Waals surface area contributed by atoms with Gasteiger partial charge in [-0.25, -0.2) is 4.98 Å². The highest BCUT2D eigenvalue weighted by molar-refractivity contribution is 14.0. The maximum Gasteiger partial charge on any atom is 0.205 e. The van der Waals surface area contributed by atoms with Crippen LogP contribution in [-0.4, -0.2) is 66.7 Å². The van der Waals surface area contributed by atoms with Gasteiger partial charge in [0.05, 0.1) is 13.2 Å². The second-order valence-electron chi connectivity index (χ2n) is 7.05. The monoisotopic (exact) mass is 544 g/mol. The Balaban J connectivity index is 0.00000256. The molecule has 0 radical (unpaired) electrons. The van der Waals surface area contributed by atoms with Gasteiger partial charge in [-0.1, -0.05) is 13.0 Å². The number of guanidine groups is 1. The van der Waals surface area contributed by atoms with Gasteiger partial charge in [-0.05, 0) is 17.7 Å². The van der Waals surface area contributed by atoms with Crippen LogP contribution in [0.4, 0.5) is 5.13 Å². The topological polar surface area (TPSA) is 75.1 Å². The fraction of sp³-hybridized carbons (Fsp3) is 0.550. The lowest BCUT2D eigenvalue weighted by Crippen LogP contribution is -2.52. The van der Waals surface area contributed by atoms with E-state index in [1.54, 1.807) is 0 Å². The van der Waals surface area contributed by atoms with E-state index in [-0.39, 0.29) is 24.0 Å². The van der Waals surface area contributed by atoms with Crippen molar-refractivity contribution in [2.24, 2.45) is 4.99 Å². The van der Waals surface area contributed by atoms with Crippen LogP contribution >= 0.6 is 35.5 Å². The largest absolute Gasteiger partial charge is 0.490 e. The van der Waals surface area contributed by atoms with E-state index in [4.69, 9.17) is 9.47 Å². The van der Waals surface area contributed by atoms with Crippen molar-refractivity contribution in [3.8, 4) is 11.5 Å². The maximum absolute atomic E-state index is 5.79. The fourth-order valence-corrected chi connectivity index (χ4v) is 4.26. The second-order valence-corrected chi connectivity index (χ2v) is 7.78. The molecule has 1 saturated heterocycles. The summed E-state index contributed by atoms with van der Waals surface area (Å²) < 4.78 is 15.9. The Labute approximate surface area is 198 Å². The minimum Gasteiger partial charge on any atom is -0.490 e. The van der Waals surface area contributed by atoms with Gasteiger partial charge in [-0.2, -0.15) is 4.37 Å². The quantitative estimate of drug-likeness (QED) is 0.361. The molecule has 0 aliphatic carbocycles. The minimum atomic E-state index is 0. The molecule has 1 aromatic carbocycles. The van der Waals surface area contributed by atoms with Gasteiger partial charge in [0.15, 0.2) is 17.5 Å². The van der Waals surface area contributed by atoms with Crippen LogP contribution in [0.3, 0.4) is 0 Å². The summed E-state index contributed by atoms with van der Waals surface area (Å²) in [7, 11) is 1.83. The third-order valence-electron chi connectivity index (χ3n) is 5.10. The number of hydrogen-bond acceptors (Lipinski definition) is 7. The first-order valence-electron chi connectivity index (χ1n) is 10.2. The molecule has 4 rings (SSSR count). The van der Waals surface area contributed by atoms with E-state index in [0.717, 1.165) is 73.0 Å². The number of nitrogens with zero attached hydrogens (tertiary/aromatic N) is 5. The van der Waals surface area contributed by atoms with E-state index in [1.165, 1.54) is 11.5 Å². The van der Waals surface area contributed by atoms with Gasteiger partial charge in [-0.15, -0.1) is 24.0 Å². The molecule has 2 aromatic rings. The van der Waals surface area contributed by atoms with Gasteiger partial charge in [0, 0.05) is 64.1 Å². The Kier molecular flexibility index (Phi) is 8.37. The van der Waals surface area contributed by atoms with Gasteiger partial charge < -0.3 is 24.6 Å². The van der Waals surface area contributed by atoms with Crippen LogP contribution in [0.1, 0.15) is 24.7 Å². The summed E-state index contributed by atoms with van der Waals surface area (Å²) in [6.45, 7) is 7.84. The average Bonchev–Trinajstić information content (AvgIpc) is 3.13. The van der Waals surface area contributed by atoms with E-state index in [1.807, 2.05) is 13.1 Å². The number of nitrogens with one attached hydrogen (secondary N) is 1. The van der Waals surface area contributed by atoms with E-state index in [2.05, 4.69) is 48.5 Å². The first-order valence-corrected chi connectivity index (χ1v) is 11.0. The Hall–Kier alpha value is -1.82. The number of anilines is 1. The van der Waals surface area contributed by atoms with Gasteiger partial charge >= 0.3 is 0 Å². The molecule has 1 aromatic heterocycles. The van der Waals surface area contributed by atoms with Crippen LogP contribution in [-0.2, 0) is 13.0 Å². The molecule has 164 valence electrons. The van der Waals surface area contributed by atoms with Crippen molar-refractivity contribution in [3.05, 3.63) is 29.6 Å². The minimum absolute atomic E-state index is 0. The fourth-order valence-electron chi connectivity index (χ4n) is 3.46. The molecule has 0 saturated carbocycles. The number of aromatic nitrogens is 2. The lowest BCUT2D eigenvalue weighted by Gasteiger charge is -2.36. The van der Waals surface area contributed by atoms with Gasteiger partial charge in [0.1, 0.15) is 5.82 Å². The van der Waals surface area contributed by atoms with Crippen molar-refractivity contribution in [1.29, 1.82) is 0 Å². The molecule has 30 heavy (non-hydrogen) atoms. The number of rotatable bonds is 4. The van der Waals surface area contributed by atoms with Gasteiger partial charge in [0.25, 0.3) is 0 Å². The van der Waals surface area contributed by atoms with Crippen LogP contribution in [0.2, 0.25) is 0 Å². The molecule has 1 fully saturated rings. The average molecular weight is 544 g/mol. The number of aryl methyl sites for hydroxylation is 1.